The number of Topliss-reactive ketones (excluding diaryl/α,β-unsaturated/α-hetero) is 1. The molecule has 4 heteroatoms. The standard InChI is InChI=1S/C12H13NO3/c1-7(2)16-12(15)9-5-3-8-4-6-10(14)11(8)13-9/h3,5,7H,4,6H2,1-2H3. The first kappa shape index (κ1) is 10.8. The minimum atomic E-state index is -0.475. The average Bonchev–Trinajstić information content (AvgIpc) is 2.59. The Balaban J connectivity index is 2.27. The van der Waals surface area contributed by atoms with Crippen LogP contribution in [0.25, 0.3) is 0 Å². The van der Waals surface area contributed by atoms with Gasteiger partial charge in [0.25, 0.3) is 0 Å². The maximum atomic E-state index is 11.6. The zero-order valence-corrected chi connectivity index (χ0v) is 9.32. The van der Waals surface area contributed by atoms with Crippen molar-refractivity contribution in [2.45, 2.75) is 32.8 Å². The molecule has 0 N–H and O–H groups in total. The molecule has 0 aromatic carbocycles. The summed E-state index contributed by atoms with van der Waals surface area (Å²) < 4.78 is 5.02. The number of aryl methyl sites for hydroxylation is 1. The molecule has 1 aliphatic carbocycles. The molecule has 0 aliphatic heterocycles. The number of ether oxygens (including phenoxy) is 1. The molecule has 0 unspecified atom stereocenters. The Morgan fingerprint density at radius 2 is 2.12 bits per heavy atom. The van der Waals surface area contributed by atoms with Crippen LogP contribution in [-0.2, 0) is 11.2 Å². The minimum Gasteiger partial charge on any atom is -0.458 e. The van der Waals surface area contributed by atoms with Crippen molar-refractivity contribution in [2.75, 3.05) is 0 Å². The summed E-state index contributed by atoms with van der Waals surface area (Å²) in [6.07, 6.45) is 1.03. The van der Waals surface area contributed by atoms with E-state index in [-0.39, 0.29) is 17.6 Å². The van der Waals surface area contributed by atoms with Gasteiger partial charge in [0.15, 0.2) is 5.78 Å². The summed E-state index contributed by atoms with van der Waals surface area (Å²) in [6, 6.07) is 3.40. The van der Waals surface area contributed by atoms with E-state index >= 15 is 0 Å². The number of nitrogens with zero attached hydrogens (tertiary/aromatic N) is 1. The predicted molar refractivity (Wildman–Crippen MR) is 57.4 cm³/mol. The quantitative estimate of drug-likeness (QED) is 0.711. The lowest BCUT2D eigenvalue weighted by Crippen LogP contribution is -2.14. The number of esters is 1. The van der Waals surface area contributed by atoms with E-state index in [1.807, 2.05) is 0 Å². The molecule has 1 heterocycles. The van der Waals surface area contributed by atoms with Gasteiger partial charge in [-0.1, -0.05) is 6.07 Å². The third-order valence-corrected chi connectivity index (χ3v) is 2.42. The monoisotopic (exact) mass is 219 g/mol. The molecular weight excluding hydrogens is 206 g/mol. The molecule has 0 amide bonds. The maximum Gasteiger partial charge on any atom is 0.357 e. The van der Waals surface area contributed by atoms with E-state index in [9.17, 15) is 9.59 Å². The highest BCUT2D eigenvalue weighted by atomic mass is 16.5. The second-order valence-electron chi connectivity index (χ2n) is 4.08. The number of ketones is 1. The number of carbonyl (C=O) groups is 2. The summed E-state index contributed by atoms with van der Waals surface area (Å²) in [4.78, 5) is 27.1. The molecule has 0 spiro atoms. The number of fused-ring (bicyclic) bond motifs is 1. The van der Waals surface area contributed by atoms with Crippen LogP contribution in [0.2, 0.25) is 0 Å². The van der Waals surface area contributed by atoms with Gasteiger partial charge in [-0.2, -0.15) is 0 Å². The fourth-order valence-corrected chi connectivity index (χ4v) is 1.69. The van der Waals surface area contributed by atoms with Gasteiger partial charge < -0.3 is 4.74 Å². The summed E-state index contributed by atoms with van der Waals surface area (Å²) in [5.41, 5.74) is 1.56. The van der Waals surface area contributed by atoms with Crippen molar-refractivity contribution in [1.29, 1.82) is 0 Å². The van der Waals surface area contributed by atoms with E-state index in [1.54, 1.807) is 26.0 Å². The molecule has 0 fully saturated rings. The first-order valence-corrected chi connectivity index (χ1v) is 5.32. The fraction of sp³-hybridized carbons (Fsp3) is 0.417. The summed E-state index contributed by atoms with van der Waals surface area (Å²) in [5.74, 6) is -0.466. The van der Waals surface area contributed by atoms with Crippen molar-refractivity contribution in [3.05, 3.63) is 29.1 Å². The largest absolute Gasteiger partial charge is 0.458 e. The van der Waals surface area contributed by atoms with E-state index < -0.39 is 5.97 Å². The van der Waals surface area contributed by atoms with Crippen LogP contribution < -0.4 is 0 Å². The fourth-order valence-electron chi connectivity index (χ4n) is 1.69. The Hall–Kier alpha value is -1.71. The molecule has 0 saturated carbocycles. The van der Waals surface area contributed by atoms with Gasteiger partial charge in [-0.15, -0.1) is 0 Å². The summed E-state index contributed by atoms with van der Waals surface area (Å²) in [5, 5.41) is 0. The van der Waals surface area contributed by atoms with Crippen molar-refractivity contribution >= 4 is 11.8 Å². The molecule has 16 heavy (non-hydrogen) atoms. The van der Waals surface area contributed by atoms with E-state index in [0.29, 0.717) is 12.1 Å². The molecule has 0 radical (unpaired) electrons. The third-order valence-electron chi connectivity index (χ3n) is 2.42. The zero-order chi connectivity index (χ0) is 11.7. The van der Waals surface area contributed by atoms with Gasteiger partial charge in [0.2, 0.25) is 0 Å². The van der Waals surface area contributed by atoms with Gasteiger partial charge in [-0.25, -0.2) is 9.78 Å². The summed E-state index contributed by atoms with van der Waals surface area (Å²) in [7, 11) is 0. The normalized spacial score (nSPS) is 14.1. The van der Waals surface area contributed by atoms with Gasteiger partial charge in [0.05, 0.1) is 6.10 Å². The molecule has 2 rings (SSSR count). The maximum absolute atomic E-state index is 11.6. The Bertz CT molecular complexity index is 452. The van der Waals surface area contributed by atoms with Crippen molar-refractivity contribution in [2.24, 2.45) is 0 Å². The third kappa shape index (κ3) is 1.96. The van der Waals surface area contributed by atoms with Gasteiger partial charge in [0, 0.05) is 6.42 Å². The number of hydrogen-bond acceptors (Lipinski definition) is 4. The molecule has 84 valence electrons. The van der Waals surface area contributed by atoms with E-state index in [2.05, 4.69) is 4.98 Å². The number of rotatable bonds is 2. The van der Waals surface area contributed by atoms with Crippen LogP contribution in [0.15, 0.2) is 12.1 Å². The first-order valence-electron chi connectivity index (χ1n) is 5.32. The number of hydrogen-bond donors (Lipinski definition) is 0. The first-order chi connectivity index (χ1) is 7.58. The van der Waals surface area contributed by atoms with E-state index in [4.69, 9.17) is 4.74 Å². The molecule has 4 nitrogen and oxygen atoms in total. The van der Waals surface area contributed by atoms with Gasteiger partial charge >= 0.3 is 5.97 Å². The van der Waals surface area contributed by atoms with E-state index in [1.165, 1.54) is 0 Å². The molecule has 0 bridgehead atoms. The predicted octanol–water partition coefficient (Wildman–Crippen LogP) is 1.78. The molecule has 1 aromatic rings. The van der Waals surface area contributed by atoms with Gasteiger partial charge in [0.1, 0.15) is 11.4 Å². The summed E-state index contributed by atoms with van der Waals surface area (Å²) in [6.45, 7) is 3.55. The lowest BCUT2D eigenvalue weighted by atomic mass is 10.2. The second kappa shape index (κ2) is 4.04. The molecule has 0 saturated heterocycles. The smallest absolute Gasteiger partial charge is 0.357 e. The SMILES string of the molecule is CC(C)OC(=O)c1ccc2c(n1)C(=O)CC2. The van der Waals surface area contributed by atoms with Crippen LogP contribution in [0.5, 0.6) is 0 Å². The van der Waals surface area contributed by atoms with Crippen LogP contribution in [-0.4, -0.2) is 22.8 Å². The Morgan fingerprint density at radius 1 is 1.38 bits per heavy atom. The van der Waals surface area contributed by atoms with Crippen molar-refractivity contribution < 1.29 is 14.3 Å². The summed E-state index contributed by atoms with van der Waals surface area (Å²) >= 11 is 0. The second-order valence-corrected chi connectivity index (χ2v) is 4.08. The van der Waals surface area contributed by atoms with Crippen LogP contribution >= 0.6 is 0 Å². The van der Waals surface area contributed by atoms with Crippen molar-refractivity contribution in [3.8, 4) is 0 Å². The van der Waals surface area contributed by atoms with E-state index in [0.717, 1.165) is 12.0 Å². The lowest BCUT2D eigenvalue weighted by molar-refractivity contribution is 0.0371. The Morgan fingerprint density at radius 3 is 2.81 bits per heavy atom. The van der Waals surface area contributed by atoms with Crippen LogP contribution in [0.4, 0.5) is 0 Å². The van der Waals surface area contributed by atoms with Crippen LogP contribution in [0, 0.1) is 0 Å². The van der Waals surface area contributed by atoms with Crippen molar-refractivity contribution in [3.63, 3.8) is 0 Å². The van der Waals surface area contributed by atoms with Crippen LogP contribution in [0.1, 0.15) is 46.8 Å². The van der Waals surface area contributed by atoms with Crippen molar-refractivity contribution in [1.82, 2.24) is 4.98 Å². The number of pyridine rings is 1. The Kier molecular flexibility index (Phi) is 2.73. The highest BCUT2D eigenvalue weighted by Gasteiger charge is 2.23. The number of aromatic nitrogens is 1. The molecule has 1 aromatic heterocycles. The molecule has 0 atom stereocenters. The highest BCUT2D eigenvalue weighted by Crippen LogP contribution is 2.20. The topological polar surface area (TPSA) is 56.3 Å². The zero-order valence-electron chi connectivity index (χ0n) is 9.32. The van der Waals surface area contributed by atoms with Gasteiger partial charge in [-0.3, -0.25) is 4.79 Å². The van der Waals surface area contributed by atoms with Crippen LogP contribution in [0.3, 0.4) is 0 Å². The minimum absolute atomic E-state index is 0.00852. The highest BCUT2D eigenvalue weighted by molar-refractivity contribution is 5.99. The molecular formula is C12H13NO3. The number of carbonyl (C=O) groups excluding carboxylic acids is 2. The van der Waals surface area contributed by atoms with Gasteiger partial charge in [-0.05, 0) is 31.9 Å². The lowest BCUT2D eigenvalue weighted by Gasteiger charge is -2.07. The molecule has 1 aliphatic rings. The average molecular weight is 219 g/mol. The Labute approximate surface area is 93.6 Å².